The first-order chi connectivity index (χ1) is 26.2. The lowest BCUT2D eigenvalue weighted by molar-refractivity contribution is -0.167. The van der Waals surface area contributed by atoms with E-state index in [-0.39, 0.29) is 31.1 Å². The van der Waals surface area contributed by atoms with Crippen LogP contribution in [0.3, 0.4) is 0 Å². The first-order valence-electron chi connectivity index (χ1n) is 23.7. The van der Waals surface area contributed by atoms with Crippen LogP contribution in [0.25, 0.3) is 0 Å². The maximum absolute atomic E-state index is 12.6. The largest absolute Gasteiger partial charge is 0.462 e. The summed E-state index contributed by atoms with van der Waals surface area (Å²) in [6.07, 6.45) is 39.6. The Hall–Kier alpha value is -1.59. The Bertz CT molecular complexity index is 824. The molecule has 320 valence electrons. The highest BCUT2D eigenvalue weighted by Gasteiger charge is 2.19. The predicted molar refractivity (Wildman–Crippen MR) is 229 cm³/mol. The van der Waals surface area contributed by atoms with Crippen molar-refractivity contribution in [3.63, 3.8) is 0 Å². The van der Waals surface area contributed by atoms with Gasteiger partial charge in [0.25, 0.3) is 0 Å². The van der Waals surface area contributed by atoms with Crippen LogP contribution in [0, 0.1) is 11.8 Å². The van der Waals surface area contributed by atoms with Crippen molar-refractivity contribution >= 4 is 17.9 Å². The van der Waals surface area contributed by atoms with Crippen molar-refractivity contribution in [3.8, 4) is 0 Å². The first kappa shape index (κ1) is 52.4. The van der Waals surface area contributed by atoms with Crippen LogP contribution < -0.4 is 0 Å². The molecule has 0 heterocycles. The molecule has 0 spiro atoms. The predicted octanol–water partition coefficient (Wildman–Crippen LogP) is 15.0. The minimum absolute atomic E-state index is 0.0649. The van der Waals surface area contributed by atoms with Gasteiger partial charge >= 0.3 is 17.9 Å². The zero-order chi connectivity index (χ0) is 39.7. The third-order valence-corrected chi connectivity index (χ3v) is 10.7. The van der Waals surface area contributed by atoms with E-state index in [2.05, 4.69) is 34.6 Å². The third-order valence-electron chi connectivity index (χ3n) is 10.7. The summed E-state index contributed by atoms with van der Waals surface area (Å²) in [4.78, 5) is 37.6. The van der Waals surface area contributed by atoms with Crippen LogP contribution in [0.5, 0.6) is 0 Å². The number of carbonyl (C=O) groups excluding carboxylic acids is 3. The molecule has 0 amide bonds. The number of esters is 3. The lowest BCUT2D eigenvalue weighted by Crippen LogP contribution is -2.30. The summed E-state index contributed by atoms with van der Waals surface area (Å²) in [6.45, 7) is 11.3. The molecule has 54 heavy (non-hydrogen) atoms. The number of ether oxygens (including phenoxy) is 3. The topological polar surface area (TPSA) is 78.9 Å². The van der Waals surface area contributed by atoms with Crippen LogP contribution in [-0.2, 0) is 28.6 Å². The SMILES string of the molecule is CCCCCCCCCC(=O)O[C@@H](COC(=O)CCCCCCCCCCCCCCC(C)C)COC(=O)CCCCCCCCCCCCCC(C)C. The van der Waals surface area contributed by atoms with E-state index in [1.54, 1.807) is 0 Å². The molecule has 0 aliphatic rings. The van der Waals surface area contributed by atoms with E-state index in [9.17, 15) is 14.4 Å². The van der Waals surface area contributed by atoms with Crippen LogP contribution in [-0.4, -0.2) is 37.2 Å². The standard InChI is InChI=1S/C48H92O6/c1-6-7-8-9-21-30-35-40-48(51)54-45(42-53-47(50)39-34-29-25-20-16-12-14-18-23-27-32-37-44(4)5)41-52-46(49)38-33-28-24-19-15-11-10-13-17-22-26-31-36-43(2)3/h43-45H,6-42H2,1-5H3/t45-/m0/s1. The molecule has 6 nitrogen and oxygen atoms in total. The maximum atomic E-state index is 12.6. The number of hydrogen-bond acceptors (Lipinski definition) is 6. The van der Waals surface area contributed by atoms with E-state index in [0.29, 0.717) is 19.3 Å². The Morgan fingerprint density at radius 3 is 0.907 bits per heavy atom. The molecule has 0 aliphatic heterocycles. The van der Waals surface area contributed by atoms with Crippen molar-refractivity contribution in [1.82, 2.24) is 0 Å². The summed E-state index contributed by atoms with van der Waals surface area (Å²) < 4.78 is 16.7. The lowest BCUT2D eigenvalue weighted by Gasteiger charge is -2.18. The molecule has 0 rings (SSSR count). The molecule has 0 saturated heterocycles. The van der Waals surface area contributed by atoms with Crippen molar-refractivity contribution < 1.29 is 28.6 Å². The van der Waals surface area contributed by atoms with E-state index in [1.807, 2.05) is 0 Å². The number of unbranched alkanes of at least 4 members (excludes halogenated alkanes) is 27. The number of carbonyl (C=O) groups is 3. The Morgan fingerprint density at radius 2 is 0.611 bits per heavy atom. The van der Waals surface area contributed by atoms with Crippen molar-refractivity contribution in [2.75, 3.05) is 13.2 Å². The first-order valence-corrected chi connectivity index (χ1v) is 23.7. The van der Waals surface area contributed by atoms with Gasteiger partial charge in [0.2, 0.25) is 0 Å². The monoisotopic (exact) mass is 765 g/mol. The molecule has 0 N–H and O–H groups in total. The fraction of sp³-hybridized carbons (Fsp3) is 0.938. The van der Waals surface area contributed by atoms with Gasteiger partial charge in [-0.2, -0.15) is 0 Å². The molecule has 0 aliphatic carbocycles. The Kier molecular flexibility index (Phi) is 39.8. The Morgan fingerprint density at radius 1 is 0.352 bits per heavy atom. The molecule has 0 aromatic heterocycles. The molecular formula is C48H92O6. The van der Waals surface area contributed by atoms with Gasteiger partial charge in [0.05, 0.1) is 0 Å². The molecule has 0 radical (unpaired) electrons. The van der Waals surface area contributed by atoms with Crippen LogP contribution in [0.15, 0.2) is 0 Å². The third kappa shape index (κ3) is 41.6. The van der Waals surface area contributed by atoms with Gasteiger partial charge in [-0.1, -0.05) is 221 Å². The van der Waals surface area contributed by atoms with Crippen molar-refractivity contribution in [2.45, 2.75) is 265 Å². The van der Waals surface area contributed by atoms with Crippen molar-refractivity contribution in [1.29, 1.82) is 0 Å². The second kappa shape index (κ2) is 41.1. The minimum Gasteiger partial charge on any atom is -0.462 e. The van der Waals surface area contributed by atoms with E-state index in [4.69, 9.17) is 14.2 Å². The van der Waals surface area contributed by atoms with Gasteiger partial charge in [-0.05, 0) is 31.1 Å². The summed E-state index contributed by atoms with van der Waals surface area (Å²) >= 11 is 0. The van der Waals surface area contributed by atoms with Gasteiger partial charge < -0.3 is 14.2 Å². The highest BCUT2D eigenvalue weighted by Crippen LogP contribution is 2.17. The zero-order valence-corrected chi connectivity index (χ0v) is 36.8. The van der Waals surface area contributed by atoms with E-state index < -0.39 is 6.10 Å². The number of rotatable bonds is 42. The highest BCUT2D eigenvalue weighted by molar-refractivity contribution is 5.71. The fourth-order valence-corrected chi connectivity index (χ4v) is 7.11. The number of hydrogen-bond donors (Lipinski definition) is 0. The van der Waals surface area contributed by atoms with E-state index in [0.717, 1.165) is 69.6 Å². The molecule has 1 atom stereocenters. The van der Waals surface area contributed by atoms with Crippen LogP contribution in [0.4, 0.5) is 0 Å². The molecule has 0 aromatic carbocycles. The molecule has 0 bridgehead atoms. The Balaban J connectivity index is 4.21. The highest BCUT2D eigenvalue weighted by atomic mass is 16.6. The van der Waals surface area contributed by atoms with Gasteiger partial charge in [-0.15, -0.1) is 0 Å². The molecular weight excluding hydrogens is 673 g/mol. The average Bonchev–Trinajstić information content (AvgIpc) is 3.14. The molecule has 0 saturated carbocycles. The van der Waals surface area contributed by atoms with E-state index >= 15 is 0 Å². The van der Waals surface area contributed by atoms with Crippen molar-refractivity contribution in [3.05, 3.63) is 0 Å². The quantitative estimate of drug-likeness (QED) is 0.0350. The lowest BCUT2D eigenvalue weighted by atomic mass is 10.0. The van der Waals surface area contributed by atoms with Gasteiger partial charge in [0, 0.05) is 19.3 Å². The zero-order valence-electron chi connectivity index (χ0n) is 36.8. The van der Waals surface area contributed by atoms with Gasteiger partial charge in [-0.3, -0.25) is 14.4 Å². The minimum atomic E-state index is -0.759. The second-order valence-electron chi connectivity index (χ2n) is 17.3. The molecule has 0 aromatic rings. The molecule has 6 heteroatoms. The summed E-state index contributed by atoms with van der Waals surface area (Å²) in [6, 6.07) is 0. The van der Waals surface area contributed by atoms with Crippen LogP contribution in [0.1, 0.15) is 259 Å². The normalized spacial score (nSPS) is 12.1. The summed E-state index contributed by atoms with van der Waals surface area (Å²) in [5.41, 5.74) is 0. The average molecular weight is 765 g/mol. The van der Waals surface area contributed by atoms with Crippen LogP contribution >= 0.6 is 0 Å². The summed E-state index contributed by atoms with van der Waals surface area (Å²) in [7, 11) is 0. The second-order valence-corrected chi connectivity index (χ2v) is 17.3. The van der Waals surface area contributed by atoms with Crippen molar-refractivity contribution in [2.24, 2.45) is 11.8 Å². The molecule has 0 fully saturated rings. The van der Waals surface area contributed by atoms with Gasteiger partial charge in [0.15, 0.2) is 6.10 Å². The van der Waals surface area contributed by atoms with Crippen LogP contribution in [0.2, 0.25) is 0 Å². The molecule has 0 unspecified atom stereocenters. The summed E-state index contributed by atoms with van der Waals surface area (Å²) in [5.74, 6) is 0.800. The smallest absolute Gasteiger partial charge is 0.306 e. The van der Waals surface area contributed by atoms with E-state index in [1.165, 1.54) is 148 Å². The maximum Gasteiger partial charge on any atom is 0.306 e. The van der Waals surface area contributed by atoms with Gasteiger partial charge in [0.1, 0.15) is 13.2 Å². The van der Waals surface area contributed by atoms with Gasteiger partial charge in [-0.25, -0.2) is 0 Å². The fourth-order valence-electron chi connectivity index (χ4n) is 7.11. The summed E-state index contributed by atoms with van der Waals surface area (Å²) in [5, 5.41) is 0. The Labute approximate surface area is 336 Å².